The van der Waals surface area contributed by atoms with Crippen LogP contribution in [-0.4, -0.2) is 24.0 Å². The Bertz CT molecular complexity index is 589. The van der Waals surface area contributed by atoms with Gasteiger partial charge in [-0.25, -0.2) is 0 Å². The molecule has 5 saturated carbocycles. The van der Waals surface area contributed by atoms with Gasteiger partial charge in [-0.15, -0.1) is 0 Å². The predicted octanol–water partition coefficient (Wildman–Crippen LogP) is 4.24. The third kappa shape index (κ3) is 3.45. The zero-order valence-corrected chi connectivity index (χ0v) is 17.0. The summed E-state index contributed by atoms with van der Waals surface area (Å²) < 4.78 is 6.44. The minimum atomic E-state index is -0.266. The molecule has 4 nitrogen and oxygen atoms in total. The van der Waals surface area contributed by atoms with Crippen LogP contribution in [0, 0.1) is 35.5 Å². The van der Waals surface area contributed by atoms with Crippen molar-refractivity contribution >= 4 is 11.9 Å². The lowest BCUT2D eigenvalue weighted by molar-refractivity contribution is -0.232. The zero-order chi connectivity index (χ0) is 19.2. The van der Waals surface area contributed by atoms with Crippen LogP contribution in [0.4, 0.5) is 0 Å². The molecule has 0 atom stereocenters. The van der Waals surface area contributed by atoms with Crippen molar-refractivity contribution in [3.05, 3.63) is 12.2 Å². The summed E-state index contributed by atoms with van der Waals surface area (Å²) >= 11 is 0. The van der Waals surface area contributed by atoms with E-state index in [4.69, 9.17) is 4.74 Å². The normalized spacial score (nSPS) is 42.6. The van der Waals surface area contributed by atoms with E-state index in [-0.39, 0.29) is 24.0 Å². The van der Waals surface area contributed by atoms with Gasteiger partial charge in [0, 0.05) is 5.57 Å². The maximum atomic E-state index is 12.8. The maximum absolute atomic E-state index is 12.8. The van der Waals surface area contributed by atoms with Crippen molar-refractivity contribution in [2.75, 3.05) is 6.54 Å². The minimum absolute atomic E-state index is 0.0388. The van der Waals surface area contributed by atoms with Gasteiger partial charge in [0.2, 0.25) is 5.91 Å². The maximum Gasteiger partial charge on any atom is 0.326 e. The number of hydrogen-bond donors (Lipinski definition) is 1. The Hall–Kier alpha value is -1.32. The summed E-state index contributed by atoms with van der Waals surface area (Å²) in [4.78, 5) is 24.6. The molecule has 5 fully saturated rings. The largest absolute Gasteiger partial charge is 0.457 e. The molecular weight excluding hydrogens is 338 g/mol. The molecule has 0 aromatic rings. The van der Waals surface area contributed by atoms with Gasteiger partial charge in [0.15, 0.2) is 0 Å². The Morgan fingerprint density at radius 2 is 1.52 bits per heavy atom. The average Bonchev–Trinajstić information content (AvgIpc) is 2.63. The van der Waals surface area contributed by atoms with Gasteiger partial charge >= 0.3 is 5.97 Å². The standard InChI is InChI=1S/C23H35NO3/c1-14(2)22(26)24-13-21(25)27-23(18-6-4-15(3)5-7-18)19-9-16-8-17(11-19)12-20(23)10-16/h15-20H,1,4-13H2,2-3H3,(H,24,26). The summed E-state index contributed by atoms with van der Waals surface area (Å²) in [7, 11) is 0. The molecule has 0 aliphatic heterocycles. The zero-order valence-electron chi connectivity index (χ0n) is 17.0. The van der Waals surface area contributed by atoms with Gasteiger partial charge in [0.25, 0.3) is 0 Å². The number of carbonyl (C=O) groups excluding carboxylic acids is 2. The van der Waals surface area contributed by atoms with Crippen LogP contribution >= 0.6 is 0 Å². The highest BCUT2D eigenvalue weighted by molar-refractivity contribution is 5.94. The number of amides is 1. The molecule has 0 saturated heterocycles. The van der Waals surface area contributed by atoms with Crippen LogP contribution < -0.4 is 5.32 Å². The van der Waals surface area contributed by atoms with Crippen LogP contribution in [0.25, 0.3) is 0 Å². The van der Waals surface area contributed by atoms with E-state index in [2.05, 4.69) is 18.8 Å². The second-order valence-electron chi connectivity index (χ2n) is 10.1. The molecule has 5 rings (SSSR count). The first-order valence-electron chi connectivity index (χ1n) is 11.0. The van der Waals surface area contributed by atoms with Crippen molar-refractivity contribution in [1.82, 2.24) is 5.32 Å². The Labute approximate surface area is 163 Å². The number of ether oxygens (including phenoxy) is 1. The predicted molar refractivity (Wildman–Crippen MR) is 105 cm³/mol. The first-order valence-corrected chi connectivity index (χ1v) is 11.0. The summed E-state index contributed by atoms with van der Waals surface area (Å²) in [5.74, 6) is 3.55. The van der Waals surface area contributed by atoms with Gasteiger partial charge in [-0.2, -0.15) is 0 Å². The number of nitrogens with one attached hydrogen (secondary N) is 1. The molecule has 27 heavy (non-hydrogen) atoms. The molecule has 0 radical (unpaired) electrons. The molecule has 5 aliphatic rings. The van der Waals surface area contributed by atoms with E-state index in [0.717, 1.165) is 17.8 Å². The third-order valence-corrected chi connectivity index (χ3v) is 8.14. The first-order chi connectivity index (χ1) is 12.9. The Balaban J connectivity index is 1.53. The average molecular weight is 374 g/mol. The molecule has 0 heterocycles. The van der Waals surface area contributed by atoms with Crippen molar-refractivity contribution in [3.63, 3.8) is 0 Å². The first kappa shape index (κ1) is 19.0. The molecule has 0 aromatic heterocycles. The highest BCUT2D eigenvalue weighted by atomic mass is 16.6. The molecule has 0 spiro atoms. The van der Waals surface area contributed by atoms with Crippen LogP contribution in [0.1, 0.15) is 71.6 Å². The molecule has 1 amide bonds. The van der Waals surface area contributed by atoms with Crippen LogP contribution in [0.15, 0.2) is 12.2 Å². The monoisotopic (exact) mass is 373 g/mol. The topological polar surface area (TPSA) is 55.4 Å². The molecule has 1 N–H and O–H groups in total. The van der Waals surface area contributed by atoms with Crippen LogP contribution in [-0.2, 0) is 14.3 Å². The van der Waals surface area contributed by atoms with E-state index in [1.807, 2.05) is 0 Å². The molecular formula is C23H35NO3. The molecule has 5 aliphatic carbocycles. The summed E-state index contributed by atoms with van der Waals surface area (Å²) in [6.07, 6.45) is 11.2. The van der Waals surface area contributed by atoms with Crippen molar-refractivity contribution < 1.29 is 14.3 Å². The SMILES string of the molecule is C=C(C)C(=O)NCC(=O)OC1(C2CCC(C)CC2)C2CC3CC(C2)CC1C3. The van der Waals surface area contributed by atoms with Gasteiger partial charge in [-0.1, -0.05) is 26.3 Å². The summed E-state index contributed by atoms with van der Waals surface area (Å²) in [6.45, 7) is 7.60. The fourth-order valence-corrected chi connectivity index (χ4v) is 7.09. The van der Waals surface area contributed by atoms with Gasteiger partial charge in [0.1, 0.15) is 12.1 Å². The molecule has 4 bridgehead atoms. The van der Waals surface area contributed by atoms with Gasteiger partial charge in [0.05, 0.1) is 0 Å². The van der Waals surface area contributed by atoms with E-state index in [0.29, 0.717) is 23.3 Å². The highest BCUT2D eigenvalue weighted by Gasteiger charge is 2.62. The van der Waals surface area contributed by atoms with Crippen molar-refractivity contribution in [2.45, 2.75) is 77.2 Å². The highest BCUT2D eigenvalue weighted by Crippen LogP contribution is 2.63. The van der Waals surface area contributed by atoms with E-state index in [9.17, 15) is 9.59 Å². The van der Waals surface area contributed by atoms with E-state index < -0.39 is 0 Å². The van der Waals surface area contributed by atoms with Gasteiger partial charge in [-0.05, 0) is 87.4 Å². The van der Waals surface area contributed by atoms with Crippen LogP contribution in [0.3, 0.4) is 0 Å². The van der Waals surface area contributed by atoms with E-state index in [1.54, 1.807) is 6.92 Å². The Morgan fingerprint density at radius 1 is 0.963 bits per heavy atom. The lowest BCUT2D eigenvalue weighted by atomic mass is 9.46. The minimum Gasteiger partial charge on any atom is -0.457 e. The fraction of sp³-hybridized carbons (Fsp3) is 0.826. The fourth-order valence-electron chi connectivity index (χ4n) is 7.09. The quantitative estimate of drug-likeness (QED) is 0.579. The lowest BCUT2D eigenvalue weighted by Gasteiger charge is -2.63. The molecule has 150 valence electrons. The van der Waals surface area contributed by atoms with Crippen molar-refractivity contribution in [2.24, 2.45) is 35.5 Å². The Kier molecular flexibility index (Phi) is 5.11. The molecule has 0 unspecified atom stereocenters. The number of esters is 1. The van der Waals surface area contributed by atoms with Crippen molar-refractivity contribution in [3.8, 4) is 0 Å². The van der Waals surface area contributed by atoms with Crippen molar-refractivity contribution in [1.29, 1.82) is 0 Å². The number of hydrogen-bond acceptors (Lipinski definition) is 3. The number of carbonyl (C=O) groups is 2. The summed E-state index contributed by atoms with van der Waals surface area (Å²) in [6, 6.07) is 0. The second kappa shape index (κ2) is 7.25. The molecule has 0 aromatic carbocycles. The smallest absolute Gasteiger partial charge is 0.326 e. The van der Waals surface area contributed by atoms with E-state index in [1.165, 1.54) is 57.8 Å². The van der Waals surface area contributed by atoms with Gasteiger partial charge in [-0.3, -0.25) is 9.59 Å². The van der Waals surface area contributed by atoms with Gasteiger partial charge < -0.3 is 10.1 Å². The summed E-state index contributed by atoms with van der Waals surface area (Å²) in [5.41, 5.74) is 0.159. The third-order valence-electron chi connectivity index (χ3n) is 8.14. The van der Waals surface area contributed by atoms with Crippen LogP contribution in [0.5, 0.6) is 0 Å². The number of rotatable bonds is 5. The second-order valence-corrected chi connectivity index (χ2v) is 10.1. The van der Waals surface area contributed by atoms with Crippen LogP contribution in [0.2, 0.25) is 0 Å². The lowest BCUT2D eigenvalue weighted by Crippen LogP contribution is -2.64. The molecule has 4 heteroatoms. The van der Waals surface area contributed by atoms with E-state index >= 15 is 0 Å². The Morgan fingerprint density at radius 3 is 2.04 bits per heavy atom. The summed E-state index contributed by atoms with van der Waals surface area (Å²) in [5, 5.41) is 2.67.